The fourth-order valence-corrected chi connectivity index (χ4v) is 2.46. The maximum atomic E-state index is 12.3. The lowest BCUT2D eigenvalue weighted by Gasteiger charge is -2.35. The smallest absolute Gasteiger partial charge is 0.378 e. The zero-order valence-electron chi connectivity index (χ0n) is 10.3. The van der Waals surface area contributed by atoms with E-state index >= 15 is 0 Å². The van der Waals surface area contributed by atoms with Gasteiger partial charge in [0.2, 0.25) is 5.91 Å². The Balaban J connectivity index is 1.91. The molecule has 1 atom stereocenters. The van der Waals surface area contributed by atoms with Crippen LogP contribution >= 0.6 is 0 Å². The zero-order valence-corrected chi connectivity index (χ0v) is 10.3. The Hall–Kier alpha value is -1.34. The van der Waals surface area contributed by atoms with E-state index in [0.717, 1.165) is 12.8 Å². The summed E-state index contributed by atoms with van der Waals surface area (Å²) in [6.45, 7) is 3.45. The number of nitrogens with two attached hydrogens (primary N) is 1. The van der Waals surface area contributed by atoms with Gasteiger partial charge in [-0.05, 0) is 12.8 Å². The normalized spacial score (nSPS) is 24.8. The molecule has 0 spiro atoms. The largest absolute Gasteiger partial charge is 0.428 e. The predicted octanol–water partition coefficient (Wildman–Crippen LogP) is -0.432. The molecule has 0 aromatic heterocycles. The Bertz CT molecular complexity index is 317. The van der Waals surface area contributed by atoms with Gasteiger partial charge in [0.25, 0.3) is 0 Å². The van der Waals surface area contributed by atoms with Crippen molar-refractivity contribution in [1.29, 1.82) is 0 Å². The minimum absolute atomic E-state index is 0.104. The van der Waals surface area contributed by atoms with Crippen LogP contribution in [0.2, 0.25) is 0 Å². The SMILES string of the molecule is NOC(=O)N1CCCC(C(=O)N2CCOCC2)C1. The molecule has 2 heterocycles. The van der Waals surface area contributed by atoms with Gasteiger partial charge in [-0.3, -0.25) is 4.79 Å². The highest BCUT2D eigenvalue weighted by molar-refractivity contribution is 5.80. The van der Waals surface area contributed by atoms with Crippen LogP contribution in [0.5, 0.6) is 0 Å². The molecule has 18 heavy (non-hydrogen) atoms. The second kappa shape index (κ2) is 6.01. The van der Waals surface area contributed by atoms with Gasteiger partial charge in [0.15, 0.2) is 0 Å². The van der Waals surface area contributed by atoms with Crippen molar-refractivity contribution in [3.63, 3.8) is 0 Å². The molecule has 0 radical (unpaired) electrons. The van der Waals surface area contributed by atoms with Gasteiger partial charge >= 0.3 is 6.09 Å². The van der Waals surface area contributed by atoms with Gasteiger partial charge in [-0.25, -0.2) is 4.79 Å². The first-order chi connectivity index (χ1) is 8.72. The van der Waals surface area contributed by atoms with Gasteiger partial charge in [-0.1, -0.05) is 0 Å². The lowest BCUT2D eigenvalue weighted by Crippen LogP contribution is -2.49. The molecule has 2 fully saturated rings. The monoisotopic (exact) mass is 257 g/mol. The number of hydrogen-bond donors (Lipinski definition) is 1. The summed E-state index contributed by atoms with van der Waals surface area (Å²) in [5.74, 6) is 4.83. The second-order valence-electron chi connectivity index (χ2n) is 4.61. The van der Waals surface area contributed by atoms with E-state index in [2.05, 4.69) is 4.84 Å². The summed E-state index contributed by atoms with van der Waals surface area (Å²) < 4.78 is 5.22. The minimum Gasteiger partial charge on any atom is -0.378 e. The number of hydrogen-bond acceptors (Lipinski definition) is 5. The van der Waals surface area contributed by atoms with Crippen molar-refractivity contribution >= 4 is 12.0 Å². The molecule has 7 nitrogen and oxygen atoms in total. The quantitative estimate of drug-likeness (QED) is 0.644. The van der Waals surface area contributed by atoms with Crippen LogP contribution in [0.4, 0.5) is 4.79 Å². The molecular formula is C11H19N3O4. The molecule has 2 N–H and O–H groups in total. The summed E-state index contributed by atoms with van der Waals surface area (Å²) in [5.41, 5.74) is 0. The fraction of sp³-hybridized carbons (Fsp3) is 0.818. The van der Waals surface area contributed by atoms with Crippen LogP contribution < -0.4 is 5.90 Å². The molecule has 0 aliphatic carbocycles. The third-order valence-corrected chi connectivity index (χ3v) is 3.45. The zero-order chi connectivity index (χ0) is 13.0. The topological polar surface area (TPSA) is 85.1 Å². The van der Waals surface area contributed by atoms with E-state index in [1.807, 2.05) is 4.90 Å². The number of morpholine rings is 1. The Morgan fingerprint density at radius 1 is 1.17 bits per heavy atom. The molecule has 1 unspecified atom stereocenters. The third-order valence-electron chi connectivity index (χ3n) is 3.45. The van der Waals surface area contributed by atoms with E-state index in [9.17, 15) is 9.59 Å². The number of likely N-dealkylation sites (tertiary alicyclic amines) is 1. The maximum Gasteiger partial charge on any atom is 0.428 e. The van der Waals surface area contributed by atoms with E-state index in [0.29, 0.717) is 39.4 Å². The second-order valence-corrected chi connectivity index (χ2v) is 4.61. The van der Waals surface area contributed by atoms with Gasteiger partial charge in [0.1, 0.15) is 0 Å². The highest BCUT2D eigenvalue weighted by atomic mass is 16.7. The van der Waals surface area contributed by atoms with Gasteiger partial charge in [-0.15, -0.1) is 0 Å². The lowest BCUT2D eigenvalue weighted by atomic mass is 9.96. The number of piperidine rings is 1. The summed E-state index contributed by atoms with van der Waals surface area (Å²) in [6.07, 6.45) is 1.05. The van der Waals surface area contributed by atoms with Crippen molar-refractivity contribution in [3.8, 4) is 0 Å². The number of carbonyl (C=O) groups is 2. The number of carbonyl (C=O) groups excluding carboxylic acids is 2. The maximum absolute atomic E-state index is 12.3. The minimum atomic E-state index is -0.561. The molecule has 2 aliphatic heterocycles. The summed E-state index contributed by atoms with van der Waals surface area (Å²) in [5, 5.41) is 0. The first kappa shape index (κ1) is 13.1. The molecule has 0 aromatic carbocycles. The van der Waals surface area contributed by atoms with Crippen molar-refractivity contribution in [3.05, 3.63) is 0 Å². The highest BCUT2D eigenvalue weighted by Crippen LogP contribution is 2.19. The van der Waals surface area contributed by atoms with Crippen molar-refractivity contribution in [1.82, 2.24) is 9.80 Å². The van der Waals surface area contributed by atoms with Gasteiger partial charge in [0.05, 0.1) is 19.1 Å². The predicted molar refractivity (Wildman–Crippen MR) is 62.4 cm³/mol. The first-order valence-electron chi connectivity index (χ1n) is 6.24. The van der Waals surface area contributed by atoms with Crippen molar-refractivity contribution in [2.45, 2.75) is 12.8 Å². The Morgan fingerprint density at radius 3 is 2.56 bits per heavy atom. The van der Waals surface area contributed by atoms with Crippen LogP contribution in [0.15, 0.2) is 0 Å². The van der Waals surface area contributed by atoms with Gasteiger partial charge in [0, 0.05) is 26.2 Å². The van der Waals surface area contributed by atoms with Gasteiger partial charge < -0.3 is 19.4 Å². The third kappa shape index (κ3) is 2.91. The lowest BCUT2D eigenvalue weighted by molar-refractivity contribution is -0.141. The van der Waals surface area contributed by atoms with E-state index in [1.165, 1.54) is 4.90 Å². The van der Waals surface area contributed by atoms with Crippen LogP contribution in [0.3, 0.4) is 0 Å². The van der Waals surface area contributed by atoms with Gasteiger partial charge in [-0.2, -0.15) is 5.90 Å². The molecule has 2 amide bonds. The van der Waals surface area contributed by atoms with E-state index in [4.69, 9.17) is 10.6 Å². The number of amides is 2. The fourth-order valence-electron chi connectivity index (χ4n) is 2.46. The molecule has 2 rings (SSSR count). The van der Waals surface area contributed by atoms with Crippen LogP contribution in [-0.4, -0.2) is 61.2 Å². The van der Waals surface area contributed by atoms with Crippen molar-refractivity contribution < 1.29 is 19.2 Å². The Morgan fingerprint density at radius 2 is 1.89 bits per heavy atom. The van der Waals surface area contributed by atoms with Crippen molar-refractivity contribution in [2.75, 3.05) is 39.4 Å². The summed E-state index contributed by atoms with van der Waals surface area (Å²) in [4.78, 5) is 31.1. The Kier molecular flexibility index (Phi) is 4.38. The van der Waals surface area contributed by atoms with E-state index in [-0.39, 0.29) is 11.8 Å². The standard InChI is InChI=1S/C11H19N3O4/c12-18-11(16)14-3-1-2-9(8-14)10(15)13-4-6-17-7-5-13/h9H,1-8,12H2. The Labute approximate surface area is 106 Å². The van der Waals surface area contributed by atoms with Crippen LogP contribution in [-0.2, 0) is 14.4 Å². The van der Waals surface area contributed by atoms with Crippen molar-refractivity contribution in [2.24, 2.45) is 11.8 Å². The molecule has 2 saturated heterocycles. The highest BCUT2D eigenvalue weighted by Gasteiger charge is 2.32. The molecule has 0 bridgehead atoms. The molecule has 102 valence electrons. The number of rotatable bonds is 1. The average molecular weight is 257 g/mol. The van der Waals surface area contributed by atoms with Crippen LogP contribution in [0.1, 0.15) is 12.8 Å². The van der Waals surface area contributed by atoms with E-state index < -0.39 is 6.09 Å². The first-order valence-corrected chi connectivity index (χ1v) is 6.24. The molecular weight excluding hydrogens is 238 g/mol. The summed E-state index contributed by atoms with van der Waals surface area (Å²) in [6, 6.07) is 0. The average Bonchev–Trinajstić information content (AvgIpc) is 2.46. The molecule has 2 aliphatic rings. The molecule has 0 aromatic rings. The number of nitrogens with zero attached hydrogens (tertiary/aromatic N) is 2. The van der Waals surface area contributed by atoms with Crippen LogP contribution in [0, 0.1) is 5.92 Å². The van der Waals surface area contributed by atoms with E-state index in [1.54, 1.807) is 0 Å². The van der Waals surface area contributed by atoms with Crippen LogP contribution in [0.25, 0.3) is 0 Å². The summed E-state index contributed by atoms with van der Waals surface area (Å²) in [7, 11) is 0. The summed E-state index contributed by atoms with van der Waals surface area (Å²) >= 11 is 0. The molecule has 7 heteroatoms. The molecule has 0 saturated carbocycles. The number of ether oxygens (including phenoxy) is 1.